The third-order valence-electron chi connectivity index (χ3n) is 3.62. The Morgan fingerprint density at radius 2 is 1.96 bits per heavy atom. The van der Waals surface area contributed by atoms with E-state index in [1.54, 1.807) is 6.07 Å². The summed E-state index contributed by atoms with van der Waals surface area (Å²) in [5.74, 6) is 1.49. The second-order valence-corrected chi connectivity index (χ2v) is 8.82. The van der Waals surface area contributed by atoms with E-state index in [2.05, 4.69) is 15.6 Å². The van der Waals surface area contributed by atoms with Crippen molar-refractivity contribution in [3.05, 3.63) is 46.3 Å². The van der Waals surface area contributed by atoms with E-state index in [0.29, 0.717) is 32.2 Å². The van der Waals surface area contributed by atoms with Crippen molar-refractivity contribution in [1.82, 2.24) is 10.6 Å². The highest BCUT2D eigenvalue weighted by Gasteiger charge is 2.11. The van der Waals surface area contributed by atoms with E-state index in [0.717, 1.165) is 33.1 Å². The maximum atomic E-state index is 11.4. The first-order valence-corrected chi connectivity index (χ1v) is 11.1. The van der Waals surface area contributed by atoms with Crippen LogP contribution in [0.1, 0.15) is 29.9 Å². The van der Waals surface area contributed by atoms with Crippen LogP contribution in [0.25, 0.3) is 0 Å². The molecule has 0 atom stereocenters. The molecule has 0 radical (unpaired) electrons. The normalized spacial score (nSPS) is 11.6. The second-order valence-electron chi connectivity index (χ2n) is 5.86. The van der Waals surface area contributed by atoms with Crippen LogP contribution in [0.5, 0.6) is 5.75 Å². The Morgan fingerprint density at radius 3 is 2.57 bits per heavy atom. The predicted molar refractivity (Wildman–Crippen MR) is 125 cm³/mol. The van der Waals surface area contributed by atoms with Gasteiger partial charge in [-0.3, -0.25) is 0 Å². The fourth-order valence-corrected chi connectivity index (χ4v) is 4.08. The Kier molecular flexibility index (Phi) is 10.2. The minimum absolute atomic E-state index is 0. The fraction of sp³-hybridized carbons (Fsp3) is 0.389. The summed E-state index contributed by atoms with van der Waals surface area (Å²) < 4.78 is 28.6. The van der Waals surface area contributed by atoms with Gasteiger partial charge in [0.1, 0.15) is 9.96 Å². The molecule has 2 rings (SSSR count). The summed E-state index contributed by atoms with van der Waals surface area (Å²) in [6, 6.07) is 9.32. The zero-order chi connectivity index (χ0) is 19.9. The molecule has 1 aromatic heterocycles. The van der Waals surface area contributed by atoms with Crippen molar-refractivity contribution in [2.24, 2.45) is 10.1 Å². The standard InChI is InChI=1S/C18H26N4O3S2.HI/c1-4-20-18(22-12-15-8-9-17(26-15)27(19,23)24)21-11-14-7-6-13(3)10-16(14)25-5-2;/h6-10H,4-5,11-12H2,1-3H3,(H2,19,23,24)(H2,20,21,22);1H. The largest absolute Gasteiger partial charge is 0.494 e. The number of thiophene rings is 1. The molecule has 0 saturated heterocycles. The first-order valence-electron chi connectivity index (χ1n) is 8.69. The van der Waals surface area contributed by atoms with E-state index in [-0.39, 0.29) is 28.2 Å². The summed E-state index contributed by atoms with van der Waals surface area (Å²) in [5, 5.41) is 11.5. The number of rotatable bonds is 8. The van der Waals surface area contributed by atoms with Gasteiger partial charge < -0.3 is 15.4 Å². The van der Waals surface area contributed by atoms with E-state index < -0.39 is 10.0 Å². The number of guanidine groups is 1. The first kappa shape index (κ1) is 24.7. The highest BCUT2D eigenvalue weighted by molar-refractivity contribution is 14.0. The van der Waals surface area contributed by atoms with Crippen LogP contribution < -0.4 is 20.5 Å². The maximum absolute atomic E-state index is 11.4. The van der Waals surface area contributed by atoms with E-state index in [1.807, 2.05) is 39.0 Å². The first-order chi connectivity index (χ1) is 12.8. The highest BCUT2D eigenvalue weighted by atomic mass is 127. The quantitative estimate of drug-likeness (QED) is 0.272. The molecule has 2 aromatic rings. The SMILES string of the molecule is CCNC(=NCc1ccc(C)cc1OCC)NCc1ccc(S(N)(=O)=O)s1.I. The lowest BCUT2D eigenvalue weighted by molar-refractivity contribution is 0.336. The van der Waals surface area contributed by atoms with Gasteiger partial charge in [-0.05, 0) is 44.5 Å². The molecule has 0 bridgehead atoms. The zero-order valence-electron chi connectivity index (χ0n) is 16.2. The molecular weight excluding hydrogens is 511 g/mol. The molecule has 0 spiro atoms. The van der Waals surface area contributed by atoms with E-state index in [1.165, 1.54) is 6.07 Å². The molecule has 0 fully saturated rings. The third-order valence-corrected chi connectivity index (χ3v) is 6.15. The molecule has 1 aromatic carbocycles. The lowest BCUT2D eigenvalue weighted by Crippen LogP contribution is -2.36. The van der Waals surface area contributed by atoms with Gasteiger partial charge in [-0.2, -0.15) is 0 Å². The van der Waals surface area contributed by atoms with Crippen LogP contribution in [-0.2, 0) is 23.1 Å². The predicted octanol–water partition coefficient (Wildman–Crippen LogP) is 2.98. The number of halogens is 1. The van der Waals surface area contributed by atoms with Gasteiger partial charge in [0.15, 0.2) is 5.96 Å². The topological polar surface area (TPSA) is 106 Å². The monoisotopic (exact) mass is 538 g/mol. The molecular formula is C18H27IN4O3S2. The van der Waals surface area contributed by atoms with Crippen LogP contribution in [-0.4, -0.2) is 27.5 Å². The molecule has 0 aliphatic rings. The molecule has 0 aliphatic heterocycles. The number of nitrogens with zero attached hydrogens (tertiary/aromatic N) is 1. The number of sulfonamides is 1. The molecule has 0 aliphatic carbocycles. The Bertz CT molecular complexity index is 898. The van der Waals surface area contributed by atoms with E-state index >= 15 is 0 Å². The Labute approximate surface area is 187 Å². The van der Waals surface area contributed by atoms with Crippen molar-refractivity contribution in [1.29, 1.82) is 0 Å². The van der Waals surface area contributed by atoms with Gasteiger partial charge in [-0.15, -0.1) is 35.3 Å². The van der Waals surface area contributed by atoms with Crippen molar-refractivity contribution in [3.63, 3.8) is 0 Å². The van der Waals surface area contributed by atoms with Gasteiger partial charge in [0.25, 0.3) is 0 Å². The van der Waals surface area contributed by atoms with Crippen LogP contribution in [0, 0.1) is 6.92 Å². The highest BCUT2D eigenvalue weighted by Crippen LogP contribution is 2.22. The number of hydrogen-bond acceptors (Lipinski definition) is 5. The van der Waals surface area contributed by atoms with Crippen molar-refractivity contribution in [3.8, 4) is 5.75 Å². The number of primary sulfonamides is 1. The number of aliphatic imine (C=N–C) groups is 1. The number of benzene rings is 1. The smallest absolute Gasteiger partial charge is 0.247 e. The average Bonchev–Trinajstić information content (AvgIpc) is 3.08. The number of aryl methyl sites for hydroxylation is 1. The fourth-order valence-electron chi connectivity index (χ4n) is 2.37. The van der Waals surface area contributed by atoms with Gasteiger partial charge in [0.05, 0.1) is 19.7 Å². The average molecular weight is 538 g/mol. The maximum Gasteiger partial charge on any atom is 0.247 e. The van der Waals surface area contributed by atoms with Crippen LogP contribution in [0.2, 0.25) is 0 Å². The van der Waals surface area contributed by atoms with Crippen LogP contribution in [0.15, 0.2) is 39.5 Å². The van der Waals surface area contributed by atoms with E-state index in [9.17, 15) is 8.42 Å². The van der Waals surface area contributed by atoms with Gasteiger partial charge in [-0.1, -0.05) is 12.1 Å². The summed E-state index contributed by atoms with van der Waals surface area (Å²) in [6.07, 6.45) is 0. The molecule has 4 N–H and O–H groups in total. The lowest BCUT2D eigenvalue weighted by Gasteiger charge is -2.12. The second kappa shape index (κ2) is 11.6. The summed E-state index contributed by atoms with van der Waals surface area (Å²) in [4.78, 5) is 5.46. The molecule has 1 heterocycles. The molecule has 0 saturated carbocycles. The van der Waals surface area contributed by atoms with Crippen LogP contribution in [0.3, 0.4) is 0 Å². The zero-order valence-corrected chi connectivity index (χ0v) is 20.2. The van der Waals surface area contributed by atoms with Crippen LogP contribution in [0.4, 0.5) is 0 Å². The third kappa shape index (κ3) is 7.57. The van der Waals surface area contributed by atoms with Crippen molar-refractivity contribution >= 4 is 51.3 Å². The van der Waals surface area contributed by atoms with Crippen LogP contribution >= 0.6 is 35.3 Å². The summed E-state index contributed by atoms with van der Waals surface area (Å²) in [5.41, 5.74) is 2.15. The Balaban J connectivity index is 0.00000392. The molecule has 0 amide bonds. The van der Waals surface area contributed by atoms with Gasteiger partial charge in [-0.25, -0.2) is 18.5 Å². The number of hydrogen-bond donors (Lipinski definition) is 3. The Morgan fingerprint density at radius 1 is 1.21 bits per heavy atom. The van der Waals surface area contributed by atoms with E-state index in [4.69, 9.17) is 9.88 Å². The van der Waals surface area contributed by atoms with Gasteiger partial charge in [0, 0.05) is 17.0 Å². The summed E-state index contributed by atoms with van der Waals surface area (Å²) >= 11 is 1.15. The van der Waals surface area contributed by atoms with Gasteiger partial charge >= 0.3 is 0 Å². The molecule has 28 heavy (non-hydrogen) atoms. The Hall–Kier alpha value is -1.37. The van der Waals surface area contributed by atoms with Gasteiger partial charge in [0.2, 0.25) is 10.0 Å². The molecule has 10 heteroatoms. The molecule has 0 unspecified atom stereocenters. The molecule has 156 valence electrons. The van der Waals surface area contributed by atoms with Crippen molar-refractivity contribution in [2.75, 3.05) is 13.2 Å². The molecule has 7 nitrogen and oxygen atoms in total. The van der Waals surface area contributed by atoms with Crippen molar-refractivity contribution < 1.29 is 13.2 Å². The minimum Gasteiger partial charge on any atom is -0.494 e. The number of nitrogens with two attached hydrogens (primary N) is 1. The van der Waals surface area contributed by atoms with Crippen molar-refractivity contribution in [2.45, 2.75) is 38.1 Å². The number of ether oxygens (including phenoxy) is 1. The summed E-state index contributed by atoms with van der Waals surface area (Å²) in [7, 11) is -3.66. The summed E-state index contributed by atoms with van der Waals surface area (Å²) in [6.45, 7) is 8.21. The minimum atomic E-state index is -3.66. The lowest BCUT2D eigenvalue weighted by atomic mass is 10.1. The number of nitrogens with one attached hydrogen (secondary N) is 2.